The summed E-state index contributed by atoms with van der Waals surface area (Å²) >= 11 is 16.6. The van der Waals surface area contributed by atoms with Gasteiger partial charge in [-0.25, -0.2) is 19.2 Å². The van der Waals surface area contributed by atoms with E-state index in [1.165, 1.54) is 53.8 Å². The molecule has 3 aliphatic heterocycles. The molecule has 86 heavy (non-hydrogen) atoms. The minimum Gasteiger partial charge on any atom is -0.870 e. The molecule has 19 nitrogen and oxygen atoms in total. The molecule has 1 atom stereocenters. The molecule has 1 unspecified atom stereocenters. The van der Waals surface area contributed by atoms with Gasteiger partial charge in [0.05, 0.1) is 61.7 Å². The van der Waals surface area contributed by atoms with Gasteiger partial charge < -0.3 is 61.7 Å². The predicted octanol–water partition coefficient (Wildman–Crippen LogP) is 11.1. The van der Waals surface area contributed by atoms with E-state index in [9.17, 15) is 28.5 Å². The number of carbonyl (C=O) groups excluding carboxylic acids is 5. The number of alkyl halides is 3. The summed E-state index contributed by atoms with van der Waals surface area (Å²) in [6, 6.07) is 29.1. The Balaban J connectivity index is 0. The number of esters is 4. The normalized spacial score (nSPS) is 14.9. The molecule has 27 heteroatoms. The number of halogens is 5. The van der Waals surface area contributed by atoms with Gasteiger partial charge in [0.1, 0.15) is 5.78 Å². The molecule has 0 radical (unpaired) electrons. The maximum absolute atomic E-state index is 11.9. The minimum absolute atomic E-state index is 0. The molecule has 7 rings (SSSR count). The van der Waals surface area contributed by atoms with Crippen molar-refractivity contribution in [3.05, 3.63) is 147 Å². The number of rotatable bonds is 15. The largest absolute Gasteiger partial charge is 1.00 e. The van der Waals surface area contributed by atoms with Crippen LogP contribution in [-0.2, 0) is 62.4 Å². The first kappa shape index (κ1) is 85.9. The average molecular weight is 1570 g/mol. The van der Waals surface area contributed by atoms with Gasteiger partial charge in [-0.05, 0) is 131 Å². The van der Waals surface area contributed by atoms with E-state index >= 15 is 0 Å². The second-order valence-electron chi connectivity index (χ2n) is 18.8. The standard InChI is InChI=1S/C15H19Br2NO2.C15H19NO2.C11H15O5P.C9H9BrO2.C6H11NO.C3H9O3P.Br2.Na.H2O/c1-18-9-7-15(17,8-10-18)13(16)11-3-5-12(6-4-11)14(19)20-2;1-16-9-7-13(8-10-16)11-12-3-5-14(6-4-12)15(17)18-2;1-14-11(12)10-6-4-9(5-7-10)8-17(13,15-2)16-3;1-12-9(11)8-4-2-7(6-10)3-5-8;1-7-4-2-6(8)3-5-7;1-4-7(5-2)6-3;1-2;;/h3-6,13H,7-10H2,1-2H3;3-6,11H,7-10H2,1-2H3;4-7H,8H2,1-3H3;2-5H,6H2,1H3;2-5H2,1H3;1-3H3;;;1H2/q;;;;;;;+1;/p-1. The fourth-order valence-electron chi connectivity index (χ4n) is 7.80. The number of ether oxygens (including phenoxy) is 4. The Morgan fingerprint density at radius 1 is 0.558 bits per heavy atom. The third-order valence-electron chi connectivity index (χ3n) is 13.1. The molecule has 4 aromatic rings. The van der Waals surface area contributed by atoms with Gasteiger partial charge in [0.15, 0.2) is 0 Å². The predicted molar refractivity (Wildman–Crippen MR) is 353 cm³/mol. The van der Waals surface area contributed by atoms with Gasteiger partial charge in [-0.2, -0.15) is 0 Å². The van der Waals surface area contributed by atoms with Crippen LogP contribution in [0.3, 0.4) is 0 Å². The number of Topliss-reactive ketones (excluding diaryl/α,β-unsaturated/α-hetero) is 1. The van der Waals surface area contributed by atoms with Crippen LogP contribution in [0.15, 0.2) is 103 Å². The molecule has 0 aliphatic carbocycles. The number of ketones is 1. The van der Waals surface area contributed by atoms with Crippen LogP contribution >= 0.6 is 92.2 Å². The zero-order valence-electron chi connectivity index (χ0n) is 51.5. The first-order chi connectivity index (χ1) is 40.1. The molecule has 0 bridgehead atoms. The number of piperidine rings is 3. The summed E-state index contributed by atoms with van der Waals surface area (Å²) in [5.41, 5.74) is 7.95. The summed E-state index contributed by atoms with van der Waals surface area (Å²) in [4.78, 5) is 62.6. The number of benzene rings is 4. The van der Waals surface area contributed by atoms with E-state index in [4.69, 9.17) is 13.8 Å². The van der Waals surface area contributed by atoms with Crippen LogP contribution in [0.1, 0.15) is 107 Å². The quantitative estimate of drug-likeness (QED) is 0.0354. The number of hydrogen-bond donors (Lipinski definition) is 0. The molecule has 3 heterocycles. The van der Waals surface area contributed by atoms with Crippen LogP contribution in [0.4, 0.5) is 0 Å². The number of methoxy groups -OCH3 is 4. The molecule has 1 N–H and O–H groups in total. The van der Waals surface area contributed by atoms with Crippen LogP contribution in [0, 0.1) is 0 Å². The molecule has 3 fully saturated rings. The minimum atomic E-state index is -3.06. The summed E-state index contributed by atoms with van der Waals surface area (Å²) in [5.74, 6) is -0.860. The Bertz CT molecular complexity index is 2590. The molecule has 0 aromatic heterocycles. The monoisotopic (exact) mass is 1570 g/mol. The van der Waals surface area contributed by atoms with Crippen molar-refractivity contribution in [3.8, 4) is 0 Å². The fourth-order valence-corrected chi connectivity index (χ4v) is 11.1. The van der Waals surface area contributed by atoms with Crippen LogP contribution < -0.4 is 29.6 Å². The average Bonchev–Trinajstić information content (AvgIpc) is 3.61. The van der Waals surface area contributed by atoms with E-state index in [0.717, 1.165) is 99.8 Å². The van der Waals surface area contributed by atoms with Crippen molar-refractivity contribution in [2.45, 2.75) is 59.2 Å². The van der Waals surface area contributed by atoms with Crippen molar-refractivity contribution < 1.29 is 105 Å². The van der Waals surface area contributed by atoms with Crippen LogP contribution in [0.2, 0.25) is 0 Å². The fraction of sp³-hybridized carbons (Fsp3) is 0.475. The van der Waals surface area contributed by atoms with Gasteiger partial charge in [-0.3, -0.25) is 9.36 Å². The zero-order valence-corrected chi connectivity index (χ0v) is 63.2. The van der Waals surface area contributed by atoms with Crippen LogP contribution in [-0.4, -0.2) is 179 Å². The van der Waals surface area contributed by atoms with Crippen molar-refractivity contribution in [2.75, 3.05) is 124 Å². The van der Waals surface area contributed by atoms with E-state index in [1.807, 2.05) is 67.7 Å². The van der Waals surface area contributed by atoms with Gasteiger partial charge in [0, 0.05) is 112 Å². The second kappa shape index (κ2) is 48.6. The van der Waals surface area contributed by atoms with E-state index in [-0.39, 0.29) is 68.3 Å². The summed E-state index contributed by atoms with van der Waals surface area (Å²) in [7, 11) is 15.0. The molecule has 3 saturated heterocycles. The Labute approximate surface area is 573 Å². The topological polar surface area (TPSA) is 225 Å². The summed E-state index contributed by atoms with van der Waals surface area (Å²) in [6.07, 6.45) is 8.38. The Morgan fingerprint density at radius 3 is 1.20 bits per heavy atom. The number of carbonyl (C=O) groups is 5. The van der Waals surface area contributed by atoms with Crippen molar-refractivity contribution in [1.82, 2.24) is 14.7 Å². The maximum Gasteiger partial charge on any atom is 1.00 e. The SMILES string of the molecule is BrBr.CN1CCC(=O)CC1.COC(=O)c1ccc(C(Br)C2(Br)CCN(C)CC2)cc1.COC(=O)c1ccc(C=C2CCN(C)CC2)cc1.COC(=O)c1ccc(CBr)cc1.COC(=O)c1ccc(CP(=O)(OC)OC)cc1.COP(OC)OC.[Na+].[OH-]. The van der Waals surface area contributed by atoms with E-state index in [2.05, 4.69) is 139 Å². The van der Waals surface area contributed by atoms with Gasteiger partial charge in [0.25, 0.3) is 0 Å². The molecule has 0 amide bonds. The second-order valence-corrected chi connectivity index (χ2v) is 25.7. The van der Waals surface area contributed by atoms with Crippen LogP contribution in [0.25, 0.3) is 6.08 Å². The van der Waals surface area contributed by atoms with E-state index < -0.39 is 22.2 Å². The van der Waals surface area contributed by atoms with Crippen molar-refractivity contribution in [2.24, 2.45) is 0 Å². The van der Waals surface area contributed by atoms with Crippen molar-refractivity contribution in [1.29, 1.82) is 0 Å². The first-order valence-electron chi connectivity index (χ1n) is 26.2. The number of hydrogen-bond acceptors (Lipinski definition) is 19. The van der Waals surface area contributed by atoms with Gasteiger partial charge in [0.2, 0.25) is 0 Å². The molecular weight excluding hydrogens is 1490 g/mol. The molecule has 3 aliphatic rings. The van der Waals surface area contributed by atoms with Crippen molar-refractivity contribution >= 4 is 128 Å². The number of likely N-dealkylation sites (tertiary alicyclic amines) is 3. The molecular formula is C59H83Br5N3NaO16P2. The Hall–Kier alpha value is -2.13. The maximum atomic E-state index is 11.9. The Morgan fingerprint density at radius 2 is 0.884 bits per heavy atom. The molecule has 4 aromatic carbocycles. The van der Waals surface area contributed by atoms with Gasteiger partial charge >= 0.3 is 69.6 Å². The van der Waals surface area contributed by atoms with Gasteiger partial charge in [-0.15, -0.1) is 0 Å². The third kappa shape index (κ3) is 33.3. The number of nitrogens with zero attached hydrogens (tertiary/aromatic N) is 3. The smallest absolute Gasteiger partial charge is 0.870 e. The zero-order chi connectivity index (χ0) is 63.3. The summed E-state index contributed by atoms with van der Waals surface area (Å²) in [5, 5.41) is 0.800. The van der Waals surface area contributed by atoms with Crippen molar-refractivity contribution in [3.63, 3.8) is 0 Å². The molecule has 0 spiro atoms. The van der Waals surface area contributed by atoms with Crippen LogP contribution in [0.5, 0.6) is 0 Å². The van der Waals surface area contributed by atoms with Gasteiger partial charge in [-0.1, -0.05) is 108 Å². The van der Waals surface area contributed by atoms with E-state index in [1.54, 1.807) is 57.7 Å². The third-order valence-corrected chi connectivity index (χ3v) is 19.7. The summed E-state index contributed by atoms with van der Waals surface area (Å²) < 4.78 is 54.1. The molecule has 0 saturated carbocycles. The Kier molecular flexibility index (Phi) is 48.6. The summed E-state index contributed by atoms with van der Waals surface area (Å²) in [6.45, 7) is 6.36. The van der Waals surface area contributed by atoms with E-state index in [0.29, 0.717) is 28.0 Å². The first-order valence-corrected chi connectivity index (χ1v) is 35.6. The molecule has 476 valence electrons.